The molecular formula is C15H29N3O5. The first-order valence-electron chi connectivity index (χ1n) is 8.02. The molecule has 2 aliphatic rings. The summed E-state index contributed by atoms with van der Waals surface area (Å²) in [5.74, 6) is 0. The van der Waals surface area contributed by atoms with Crippen molar-refractivity contribution in [1.82, 2.24) is 15.1 Å². The molecule has 8 heteroatoms. The van der Waals surface area contributed by atoms with Crippen LogP contribution in [0, 0.1) is 0 Å². The van der Waals surface area contributed by atoms with Crippen molar-refractivity contribution < 1.29 is 24.2 Å². The Balaban J connectivity index is 0.000000816. The molecule has 0 unspecified atom stereocenters. The first-order valence-corrected chi connectivity index (χ1v) is 8.02. The Hall–Kier alpha value is -1.38. The zero-order chi connectivity index (χ0) is 17.2. The van der Waals surface area contributed by atoms with Crippen molar-refractivity contribution in [3.05, 3.63) is 0 Å². The van der Waals surface area contributed by atoms with Crippen molar-refractivity contribution in [3.8, 4) is 0 Å². The molecule has 0 saturated carbocycles. The van der Waals surface area contributed by atoms with E-state index in [2.05, 4.69) is 17.3 Å². The van der Waals surface area contributed by atoms with E-state index < -0.39 is 0 Å². The molecule has 8 nitrogen and oxygen atoms in total. The second-order valence-corrected chi connectivity index (χ2v) is 5.83. The zero-order valence-electron chi connectivity index (χ0n) is 14.2. The maximum absolute atomic E-state index is 11.6. The van der Waals surface area contributed by atoms with Crippen LogP contribution in [-0.2, 0) is 14.3 Å². The average molecular weight is 331 g/mol. The van der Waals surface area contributed by atoms with Crippen molar-refractivity contribution in [2.75, 3.05) is 46.9 Å². The Kier molecular flexibility index (Phi) is 8.90. The molecule has 0 aliphatic carbocycles. The number of piperidine rings is 1. The van der Waals surface area contributed by atoms with Crippen LogP contribution in [0.4, 0.5) is 4.79 Å². The van der Waals surface area contributed by atoms with E-state index in [4.69, 9.17) is 19.4 Å². The van der Waals surface area contributed by atoms with Gasteiger partial charge in [0.1, 0.15) is 0 Å². The Morgan fingerprint density at radius 1 is 1.35 bits per heavy atom. The minimum Gasteiger partial charge on any atom is -0.483 e. The maximum Gasteiger partial charge on any atom is 0.409 e. The van der Waals surface area contributed by atoms with Crippen LogP contribution in [0.2, 0.25) is 0 Å². The highest BCUT2D eigenvalue weighted by Crippen LogP contribution is 2.16. The van der Waals surface area contributed by atoms with Crippen LogP contribution in [0.5, 0.6) is 0 Å². The zero-order valence-corrected chi connectivity index (χ0v) is 14.2. The molecule has 0 aromatic heterocycles. The number of amides is 1. The normalized spacial score (nSPS) is 25.6. The van der Waals surface area contributed by atoms with Gasteiger partial charge in [-0.15, -0.1) is 0 Å². The summed E-state index contributed by atoms with van der Waals surface area (Å²) in [7, 11) is 3.90. The highest BCUT2D eigenvalue weighted by molar-refractivity contribution is 5.67. The Morgan fingerprint density at radius 2 is 1.96 bits per heavy atom. The SMILES string of the molecule is CCOC(=O)N1CCC(N[C@H]2CN(C)C[C@@H]2OC)CC1.O=CO. The van der Waals surface area contributed by atoms with Gasteiger partial charge in [0.2, 0.25) is 0 Å². The highest BCUT2D eigenvalue weighted by Gasteiger charge is 2.33. The summed E-state index contributed by atoms with van der Waals surface area (Å²) in [5, 5.41) is 10.6. The van der Waals surface area contributed by atoms with Crippen LogP contribution in [0.25, 0.3) is 0 Å². The lowest BCUT2D eigenvalue weighted by molar-refractivity contribution is -0.122. The number of likely N-dealkylation sites (N-methyl/N-ethyl adjacent to an activating group) is 1. The van der Waals surface area contributed by atoms with E-state index in [0.29, 0.717) is 18.7 Å². The van der Waals surface area contributed by atoms with Crippen LogP contribution in [0.3, 0.4) is 0 Å². The molecule has 2 heterocycles. The van der Waals surface area contributed by atoms with Crippen molar-refractivity contribution in [2.45, 2.75) is 38.0 Å². The van der Waals surface area contributed by atoms with E-state index in [9.17, 15) is 4.79 Å². The molecule has 2 aliphatic heterocycles. The molecule has 0 bridgehead atoms. The summed E-state index contributed by atoms with van der Waals surface area (Å²) in [5.41, 5.74) is 0. The minimum absolute atomic E-state index is 0.179. The lowest BCUT2D eigenvalue weighted by atomic mass is 10.0. The molecule has 134 valence electrons. The maximum atomic E-state index is 11.6. The number of likely N-dealkylation sites (tertiary alicyclic amines) is 2. The summed E-state index contributed by atoms with van der Waals surface area (Å²) >= 11 is 0. The van der Waals surface area contributed by atoms with E-state index in [0.717, 1.165) is 39.0 Å². The van der Waals surface area contributed by atoms with Crippen molar-refractivity contribution in [3.63, 3.8) is 0 Å². The van der Waals surface area contributed by atoms with Gasteiger partial charge in [-0.3, -0.25) is 4.79 Å². The number of rotatable bonds is 4. The van der Waals surface area contributed by atoms with E-state index in [-0.39, 0.29) is 18.7 Å². The quantitative estimate of drug-likeness (QED) is 0.712. The number of nitrogens with zero attached hydrogens (tertiary/aromatic N) is 2. The van der Waals surface area contributed by atoms with Gasteiger partial charge >= 0.3 is 6.09 Å². The van der Waals surface area contributed by atoms with Crippen LogP contribution in [-0.4, -0.2) is 92.6 Å². The average Bonchev–Trinajstić information content (AvgIpc) is 2.88. The van der Waals surface area contributed by atoms with Crippen LogP contribution in [0.1, 0.15) is 19.8 Å². The smallest absolute Gasteiger partial charge is 0.409 e. The Morgan fingerprint density at radius 3 is 2.48 bits per heavy atom. The molecule has 0 aromatic rings. The summed E-state index contributed by atoms with van der Waals surface area (Å²) in [6, 6.07) is 0.860. The van der Waals surface area contributed by atoms with Gasteiger partial charge in [-0.25, -0.2) is 4.79 Å². The molecule has 23 heavy (non-hydrogen) atoms. The molecule has 1 amide bonds. The standard InChI is InChI=1S/C14H27N3O3.CH2O2/c1-4-20-14(18)17-7-5-11(6-8-17)15-12-9-16(2)10-13(12)19-3;2-1-3/h11-13,15H,4-10H2,1-3H3;1H,(H,2,3)/t12-,13-;/m0./s1. The van der Waals surface area contributed by atoms with Crippen molar-refractivity contribution in [1.29, 1.82) is 0 Å². The van der Waals surface area contributed by atoms with Gasteiger partial charge in [0, 0.05) is 45.4 Å². The fourth-order valence-electron chi connectivity index (χ4n) is 3.11. The predicted molar refractivity (Wildman–Crippen MR) is 85.5 cm³/mol. The molecule has 2 rings (SSSR count). The van der Waals surface area contributed by atoms with Gasteiger partial charge in [0.15, 0.2) is 0 Å². The summed E-state index contributed by atoms with van der Waals surface area (Å²) in [4.78, 5) is 24.1. The third-order valence-electron chi connectivity index (χ3n) is 4.22. The van der Waals surface area contributed by atoms with E-state index >= 15 is 0 Å². The van der Waals surface area contributed by atoms with Gasteiger partial charge in [0.05, 0.1) is 12.7 Å². The third-order valence-corrected chi connectivity index (χ3v) is 4.22. The Bertz CT molecular complexity index is 361. The minimum atomic E-state index is -0.250. The van der Waals surface area contributed by atoms with Gasteiger partial charge < -0.3 is 29.7 Å². The van der Waals surface area contributed by atoms with Gasteiger partial charge in [-0.05, 0) is 26.8 Å². The third kappa shape index (κ3) is 6.32. The van der Waals surface area contributed by atoms with Crippen LogP contribution in [0.15, 0.2) is 0 Å². The number of methoxy groups -OCH3 is 1. The van der Waals surface area contributed by atoms with Crippen molar-refractivity contribution >= 4 is 12.6 Å². The second-order valence-electron chi connectivity index (χ2n) is 5.83. The van der Waals surface area contributed by atoms with E-state index in [1.165, 1.54) is 0 Å². The summed E-state index contributed by atoms with van der Waals surface area (Å²) < 4.78 is 10.6. The molecule has 0 radical (unpaired) electrons. The molecular weight excluding hydrogens is 302 g/mol. The van der Waals surface area contributed by atoms with Gasteiger partial charge in [0.25, 0.3) is 6.47 Å². The number of carbonyl (C=O) groups is 2. The second kappa shape index (κ2) is 10.4. The number of carboxylic acid groups (broad SMARTS) is 1. The number of carbonyl (C=O) groups excluding carboxylic acids is 1. The Labute approximate surface area is 137 Å². The molecule has 2 N–H and O–H groups in total. The number of hydrogen-bond donors (Lipinski definition) is 2. The van der Waals surface area contributed by atoms with Gasteiger partial charge in [-0.2, -0.15) is 0 Å². The number of nitrogens with one attached hydrogen (secondary N) is 1. The molecule has 2 saturated heterocycles. The van der Waals surface area contributed by atoms with E-state index in [1.807, 2.05) is 6.92 Å². The predicted octanol–water partition coefficient (Wildman–Crippen LogP) is 0.227. The molecule has 0 spiro atoms. The highest BCUT2D eigenvalue weighted by atomic mass is 16.6. The molecule has 2 fully saturated rings. The van der Waals surface area contributed by atoms with Crippen LogP contribution < -0.4 is 5.32 Å². The fourth-order valence-corrected chi connectivity index (χ4v) is 3.11. The lowest BCUT2D eigenvalue weighted by Gasteiger charge is -2.34. The first kappa shape index (κ1) is 19.7. The number of hydrogen-bond acceptors (Lipinski definition) is 6. The van der Waals surface area contributed by atoms with E-state index in [1.54, 1.807) is 12.0 Å². The number of ether oxygens (including phenoxy) is 2. The first-order chi connectivity index (χ1) is 11.0. The monoisotopic (exact) mass is 331 g/mol. The largest absolute Gasteiger partial charge is 0.483 e. The molecule has 0 aromatic carbocycles. The van der Waals surface area contributed by atoms with Crippen LogP contribution >= 0.6 is 0 Å². The fraction of sp³-hybridized carbons (Fsp3) is 0.867. The van der Waals surface area contributed by atoms with Crippen molar-refractivity contribution in [2.24, 2.45) is 0 Å². The lowest BCUT2D eigenvalue weighted by Crippen LogP contribution is -2.51. The van der Waals surface area contributed by atoms with Gasteiger partial charge in [-0.1, -0.05) is 0 Å². The molecule has 2 atom stereocenters. The summed E-state index contributed by atoms with van der Waals surface area (Å²) in [6.45, 7) is 5.59. The topological polar surface area (TPSA) is 91.3 Å². The summed E-state index contributed by atoms with van der Waals surface area (Å²) in [6.07, 6.45) is 2.05.